The molecule has 1 unspecified atom stereocenters. The maximum Gasteiger partial charge on any atom is 0.253 e. The number of rotatable bonds is 2. The highest BCUT2D eigenvalue weighted by atomic mass is 79.9. The third-order valence-corrected chi connectivity index (χ3v) is 3.86. The van der Waals surface area contributed by atoms with Gasteiger partial charge in [0.1, 0.15) is 0 Å². The summed E-state index contributed by atoms with van der Waals surface area (Å²) in [4.78, 5) is 14.0. The minimum Gasteiger partial charge on any atom is -0.351 e. The predicted molar refractivity (Wildman–Crippen MR) is 87.1 cm³/mol. The minimum absolute atomic E-state index is 0.0297. The van der Waals surface area contributed by atoms with Gasteiger partial charge in [-0.15, -0.1) is 0 Å². The molecule has 0 saturated carbocycles. The quantitative estimate of drug-likeness (QED) is 0.801. The molecule has 6 heteroatoms. The van der Waals surface area contributed by atoms with Gasteiger partial charge >= 0.3 is 0 Å². The summed E-state index contributed by atoms with van der Waals surface area (Å²) < 4.78 is 0.999. The molecule has 106 valence electrons. The van der Waals surface area contributed by atoms with E-state index in [4.69, 9.17) is 12.2 Å². The van der Waals surface area contributed by atoms with E-state index in [-0.39, 0.29) is 11.9 Å². The van der Waals surface area contributed by atoms with Crippen molar-refractivity contribution in [1.29, 1.82) is 0 Å². The van der Waals surface area contributed by atoms with E-state index < -0.39 is 0 Å². The lowest BCUT2D eigenvalue weighted by molar-refractivity contribution is -0.125. The maximum absolute atomic E-state index is 12.4. The number of likely N-dealkylation sites (N-methyl/N-ethyl adjacent to an activating group) is 1. The molecule has 1 aromatic rings. The van der Waals surface area contributed by atoms with Crippen molar-refractivity contribution in [2.75, 3.05) is 14.1 Å². The number of carbonyl (C=O) groups is 1. The van der Waals surface area contributed by atoms with Gasteiger partial charge in [-0.2, -0.15) is 0 Å². The number of halogens is 1. The summed E-state index contributed by atoms with van der Waals surface area (Å²) in [7, 11) is 3.49. The molecule has 4 nitrogen and oxygen atoms in total. The lowest BCUT2D eigenvalue weighted by atomic mass is 9.95. The summed E-state index contributed by atoms with van der Waals surface area (Å²) in [5.41, 5.74) is 2.48. The average Bonchev–Trinajstić information content (AvgIpc) is 2.38. The maximum atomic E-state index is 12.4. The molecule has 1 aliphatic rings. The highest BCUT2D eigenvalue weighted by Crippen LogP contribution is 2.28. The van der Waals surface area contributed by atoms with Crippen LogP contribution in [-0.2, 0) is 4.79 Å². The largest absolute Gasteiger partial charge is 0.351 e. The van der Waals surface area contributed by atoms with Crippen molar-refractivity contribution in [2.45, 2.75) is 13.0 Å². The SMILES string of the molecule is CC1=C(C(=O)N(C)C)C(c2ccc(Br)cc2)NC(=S)N1. The third-order valence-electron chi connectivity index (χ3n) is 3.11. The van der Waals surface area contributed by atoms with E-state index in [0.717, 1.165) is 15.7 Å². The molecule has 1 aromatic carbocycles. The first-order chi connectivity index (χ1) is 9.40. The van der Waals surface area contributed by atoms with Crippen molar-refractivity contribution >= 4 is 39.2 Å². The Labute approximate surface area is 132 Å². The van der Waals surface area contributed by atoms with E-state index in [1.54, 1.807) is 19.0 Å². The van der Waals surface area contributed by atoms with Crippen molar-refractivity contribution < 1.29 is 4.79 Å². The van der Waals surface area contributed by atoms with Crippen LogP contribution in [0.2, 0.25) is 0 Å². The topological polar surface area (TPSA) is 44.4 Å². The summed E-state index contributed by atoms with van der Waals surface area (Å²) in [5.74, 6) is -0.0297. The van der Waals surface area contributed by atoms with Crippen molar-refractivity contribution in [2.24, 2.45) is 0 Å². The molecule has 0 aliphatic carbocycles. The number of thiocarbonyl (C=S) groups is 1. The lowest BCUT2D eigenvalue weighted by Crippen LogP contribution is -2.46. The number of carbonyl (C=O) groups excluding carboxylic acids is 1. The number of nitrogens with zero attached hydrogens (tertiary/aromatic N) is 1. The molecule has 2 N–H and O–H groups in total. The minimum atomic E-state index is -0.230. The molecule has 0 aromatic heterocycles. The van der Waals surface area contributed by atoms with Crippen molar-refractivity contribution in [3.63, 3.8) is 0 Å². The summed E-state index contributed by atoms with van der Waals surface area (Å²) in [6.45, 7) is 1.87. The number of benzene rings is 1. The Balaban J connectivity index is 2.47. The molecule has 0 spiro atoms. The predicted octanol–water partition coefficient (Wildman–Crippen LogP) is 2.33. The Hall–Kier alpha value is -1.40. The van der Waals surface area contributed by atoms with Crippen LogP contribution >= 0.6 is 28.1 Å². The van der Waals surface area contributed by atoms with Crippen molar-refractivity contribution in [3.8, 4) is 0 Å². The highest BCUT2D eigenvalue weighted by Gasteiger charge is 2.30. The Morgan fingerprint density at radius 3 is 2.45 bits per heavy atom. The zero-order valence-corrected chi connectivity index (χ0v) is 13.9. The molecule has 1 heterocycles. The second-order valence-electron chi connectivity index (χ2n) is 4.82. The van der Waals surface area contributed by atoms with Gasteiger partial charge in [-0.05, 0) is 36.8 Å². The van der Waals surface area contributed by atoms with Gasteiger partial charge in [0.15, 0.2) is 5.11 Å². The fraction of sp³-hybridized carbons (Fsp3) is 0.286. The van der Waals surface area contributed by atoms with Crippen LogP contribution < -0.4 is 10.6 Å². The normalized spacial score (nSPS) is 18.4. The van der Waals surface area contributed by atoms with Crippen LogP contribution in [0.15, 0.2) is 40.0 Å². The van der Waals surface area contributed by atoms with Gasteiger partial charge in [0, 0.05) is 24.3 Å². The van der Waals surface area contributed by atoms with Crippen molar-refractivity contribution in [1.82, 2.24) is 15.5 Å². The standard InChI is InChI=1S/C14H16BrN3OS/c1-8-11(13(19)18(2)3)12(17-14(20)16-8)9-4-6-10(15)7-5-9/h4-7,12H,1-3H3,(H2,16,17,20). The number of hydrogen-bond acceptors (Lipinski definition) is 2. The molecular weight excluding hydrogens is 338 g/mol. The third kappa shape index (κ3) is 3.02. The monoisotopic (exact) mass is 353 g/mol. The Bertz CT molecular complexity index is 581. The van der Waals surface area contributed by atoms with Crippen LogP contribution in [0.5, 0.6) is 0 Å². The Morgan fingerprint density at radius 1 is 1.30 bits per heavy atom. The van der Waals surface area contributed by atoms with Gasteiger partial charge in [-0.3, -0.25) is 4.79 Å². The molecule has 0 bridgehead atoms. The first-order valence-electron chi connectivity index (χ1n) is 6.15. The number of nitrogens with one attached hydrogen (secondary N) is 2. The van der Waals surface area contributed by atoms with Crippen LogP contribution in [0.4, 0.5) is 0 Å². The van der Waals surface area contributed by atoms with Crippen LogP contribution in [0, 0.1) is 0 Å². The summed E-state index contributed by atoms with van der Waals surface area (Å²) >= 11 is 8.61. The smallest absolute Gasteiger partial charge is 0.253 e. The van der Waals surface area contributed by atoms with E-state index in [0.29, 0.717) is 10.7 Å². The van der Waals surface area contributed by atoms with Crippen LogP contribution in [0.1, 0.15) is 18.5 Å². The zero-order chi connectivity index (χ0) is 14.9. The van der Waals surface area contributed by atoms with Crippen LogP contribution in [-0.4, -0.2) is 30.0 Å². The lowest BCUT2D eigenvalue weighted by Gasteiger charge is -2.31. The van der Waals surface area contributed by atoms with E-state index in [1.165, 1.54) is 0 Å². The van der Waals surface area contributed by atoms with E-state index >= 15 is 0 Å². The molecule has 2 rings (SSSR count). The zero-order valence-electron chi connectivity index (χ0n) is 11.5. The van der Waals surface area contributed by atoms with E-state index in [9.17, 15) is 4.79 Å². The molecule has 20 heavy (non-hydrogen) atoms. The molecule has 0 radical (unpaired) electrons. The summed E-state index contributed by atoms with van der Waals surface area (Å²) in [5, 5.41) is 6.72. The first-order valence-corrected chi connectivity index (χ1v) is 7.35. The number of amides is 1. The second-order valence-corrected chi connectivity index (χ2v) is 6.15. The Kier molecular flexibility index (Phi) is 4.45. The number of hydrogen-bond donors (Lipinski definition) is 2. The van der Waals surface area contributed by atoms with E-state index in [1.807, 2.05) is 31.2 Å². The molecule has 1 amide bonds. The van der Waals surface area contributed by atoms with Gasteiger partial charge < -0.3 is 15.5 Å². The highest BCUT2D eigenvalue weighted by molar-refractivity contribution is 9.10. The van der Waals surface area contributed by atoms with Gasteiger partial charge in [0.05, 0.1) is 11.6 Å². The first kappa shape index (κ1) is 15.0. The second kappa shape index (κ2) is 5.93. The fourth-order valence-corrected chi connectivity index (χ4v) is 2.66. The van der Waals surface area contributed by atoms with Gasteiger partial charge in [0.2, 0.25) is 0 Å². The van der Waals surface area contributed by atoms with Crippen LogP contribution in [0.25, 0.3) is 0 Å². The summed E-state index contributed by atoms with van der Waals surface area (Å²) in [6.07, 6.45) is 0. The molecule has 1 aliphatic heterocycles. The molecule has 0 saturated heterocycles. The van der Waals surface area contributed by atoms with Gasteiger partial charge in [-0.25, -0.2) is 0 Å². The van der Waals surface area contributed by atoms with E-state index in [2.05, 4.69) is 26.6 Å². The van der Waals surface area contributed by atoms with Gasteiger partial charge in [-0.1, -0.05) is 28.1 Å². The molecule has 0 fully saturated rings. The Morgan fingerprint density at radius 2 is 1.90 bits per heavy atom. The van der Waals surface area contributed by atoms with Gasteiger partial charge in [0.25, 0.3) is 5.91 Å². The molecular formula is C14H16BrN3OS. The van der Waals surface area contributed by atoms with Crippen molar-refractivity contribution in [3.05, 3.63) is 45.6 Å². The molecule has 1 atom stereocenters. The fourth-order valence-electron chi connectivity index (χ4n) is 2.12. The average molecular weight is 354 g/mol. The number of allylic oxidation sites excluding steroid dienone is 1. The summed E-state index contributed by atoms with van der Waals surface area (Å²) in [6, 6.07) is 7.63. The van der Waals surface area contributed by atoms with Crippen LogP contribution in [0.3, 0.4) is 0 Å².